The van der Waals surface area contributed by atoms with E-state index in [0.29, 0.717) is 0 Å². The van der Waals surface area contributed by atoms with Crippen LogP contribution in [-0.2, 0) is 5.41 Å². The summed E-state index contributed by atoms with van der Waals surface area (Å²) in [5.74, 6) is 0. The number of rotatable bonds is 0. The van der Waals surface area contributed by atoms with Crippen molar-refractivity contribution in [2.24, 2.45) is 0 Å². The molecule has 0 spiro atoms. The van der Waals surface area contributed by atoms with Gasteiger partial charge in [-0.2, -0.15) is 0 Å². The molecule has 12 heavy (non-hydrogen) atoms. The van der Waals surface area contributed by atoms with Crippen LogP contribution in [0.15, 0.2) is 22.7 Å². The molecule has 1 aromatic carbocycles. The molecule has 0 saturated heterocycles. The van der Waals surface area contributed by atoms with Crippen LogP contribution < -0.4 is 0 Å². The summed E-state index contributed by atoms with van der Waals surface area (Å²) >= 11 is 3.43. The highest BCUT2D eigenvalue weighted by Gasteiger charge is 2.13. The Morgan fingerprint density at radius 1 is 1.17 bits per heavy atom. The lowest BCUT2D eigenvalue weighted by Gasteiger charge is -2.19. The Morgan fingerprint density at radius 2 is 1.75 bits per heavy atom. The van der Waals surface area contributed by atoms with Gasteiger partial charge in [0.1, 0.15) is 0 Å². The normalized spacial score (nSPS) is 11.8. The van der Waals surface area contributed by atoms with Gasteiger partial charge < -0.3 is 0 Å². The fourth-order valence-electron chi connectivity index (χ4n) is 1.05. The first kappa shape index (κ1) is 9.79. The third-order valence-electron chi connectivity index (χ3n) is 1.79. The van der Waals surface area contributed by atoms with Gasteiger partial charge in [0.2, 0.25) is 0 Å². The minimum absolute atomic E-state index is 0.165. The van der Waals surface area contributed by atoms with Crippen LogP contribution in [0.25, 0.3) is 0 Å². The van der Waals surface area contributed by atoms with Crippen molar-refractivity contribution >= 4 is 15.9 Å². The maximum atomic E-state index is 5.73. The van der Waals surface area contributed by atoms with E-state index in [-0.39, 0.29) is 5.41 Å². The molecular weight excluding hydrogens is 212 g/mol. The monoisotopic (exact) mass is 224 g/mol. The van der Waals surface area contributed by atoms with E-state index in [4.69, 9.17) is 6.92 Å². The Kier molecular flexibility index (Phi) is 2.62. The molecule has 0 fully saturated rings. The average Bonchev–Trinajstić information content (AvgIpc) is 1.82. The lowest BCUT2D eigenvalue weighted by Crippen LogP contribution is -2.11. The summed E-state index contributed by atoms with van der Waals surface area (Å²) in [7, 11) is 0. The highest BCUT2D eigenvalue weighted by Crippen LogP contribution is 2.26. The van der Waals surface area contributed by atoms with Gasteiger partial charge in [0.15, 0.2) is 0 Å². The maximum Gasteiger partial charge on any atom is 0.0181 e. The van der Waals surface area contributed by atoms with Gasteiger partial charge in [-0.15, -0.1) is 0 Å². The summed E-state index contributed by atoms with van der Waals surface area (Å²) < 4.78 is 1.05. The summed E-state index contributed by atoms with van der Waals surface area (Å²) in [4.78, 5) is 0. The van der Waals surface area contributed by atoms with Crippen molar-refractivity contribution in [3.05, 3.63) is 40.7 Å². The number of hydrogen-bond donors (Lipinski definition) is 0. The largest absolute Gasteiger partial charge is 0.0561 e. The molecule has 0 atom stereocenters. The Balaban J connectivity index is 3.18. The lowest BCUT2D eigenvalue weighted by atomic mass is 9.86. The van der Waals surface area contributed by atoms with Crippen molar-refractivity contribution in [3.8, 4) is 0 Å². The van der Waals surface area contributed by atoms with Crippen molar-refractivity contribution < 1.29 is 0 Å². The molecule has 0 nitrogen and oxygen atoms in total. The molecule has 1 aromatic rings. The van der Waals surface area contributed by atoms with Crippen LogP contribution >= 0.6 is 15.9 Å². The molecule has 0 amide bonds. The molecule has 0 saturated carbocycles. The third-order valence-corrected chi connectivity index (χ3v) is 2.24. The Morgan fingerprint density at radius 3 is 2.17 bits per heavy atom. The molecule has 0 unspecified atom stereocenters. The van der Waals surface area contributed by atoms with Gasteiger partial charge in [0, 0.05) is 4.47 Å². The van der Waals surface area contributed by atoms with Gasteiger partial charge in [0.25, 0.3) is 0 Å². The number of benzene rings is 1. The van der Waals surface area contributed by atoms with Crippen molar-refractivity contribution in [1.82, 2.24) is 0 Å². The van der Waals surface area contributed by atoms with E-state index in [1.54, 1.807) is 0 Å². The second-order valence-electron chi connectivity index (χ2n) is 4.02. The van der Waals surface area contributed by atoms with Crippen molar-refractivity contribution in [3.63, 3.8) is 0 Å². The fourth-order valence-corrected chi connectivity index (χ4v) is 1.56. The van der Waals surface area contributed by atoms with Crippen LogP contribution in [0.2, 0.25) is 0 Å². The molecule has 1 rings (SSSR count). The molecular formula is C11H13Br. The van der Waals surface area contributed by atoms with Gasteiger partial charge in [-0.05, 0) is 35.6 Å². The molecule has 64 valence electrons. The molecule has 0 aromatic heterocycles. The van der Waals surface area contributed by atoms with E-state index in [9.17, 15) is 0 Å². The summed E-state index contributed by atoms with van der Waals surface area (Å²) in [5, 5.41) is 0. The van der Waals surface area contributed by atoms with E-state index in [1.165, 1.54) is 5.56 Å². The lowest BCUT2D eigenvalue weighted by molar-refractivity contribution is 0.589. The topological polar surface area (TPSA) is 0 Å². The van der Waals surface area contributed by atoms with Gasteiger partial charge in [-0.25, -0.2) is 0 Å². The predicted octanol–water partition coefficient (Wildman–Crippen LogP) is 3.81. The van der Waals surface area contributed by atoms with Crippen LogP contribution in [0.1, 0.15) is 31.9 Å². The molecule has 0 heterocycles. The van der Waals surface area contributed by atoms with Crippen LogP contribution in [0.3, 0.4) is 0 Å². The van der Waals surface area contributed by atoms with Crippen molar-refractivity contribution in [1.29, 1.82) is 0 Å². The number of hydrogen-bond acceptors (Lipinski definition) is 0. The van der Waals surface area contributed by atoms with Gasteiger partial charge >= 0.3 is 0 Å². The minimum Gasteiger partial charge on any atom is -0.0561 e. The molecule has 0 bridgehead atoms. The molecule has 0 aliphatic carbocycles. The first-order valence-corrected chi connectivity index (χ1v) is 4.75. The number of halogens is 1. The van der Waals surface area contributed by atoms with Crippen molar-refractivity contribution in [2.45, 2.75) is 26.2 Å². The summed E-state index contributed by atoms with van der Waals surface area (Å²) in [6, 6.07) is 6.04. The first-order chi connectivity index (χ1) is 5.39. The quantitative estimate of drug-likeness (QED) is 0.629. The van der Waals surface area contributed by atoms with Crippen LogP contribution in [0.5, 0.6) is 0 Å². The maximum absolute atomic E-state index is 5.73. The van der Waals surface area contributed by atoms with E-state index < -0.39 is 0 Å². The zero-order valence-electron chi connectivity index (χ0n) is 7.69. The SMILES string of the molecule is [CH]c1cc(Br)cc(C(C)(C)C)c1. The van der Waals surface area contributed by atoms with Crippen LogP contribution in [-0.4, -0.2) is 0 Å². The van der Waals surface area contributed by atoms with Gasteiger partial charge in [0.05, 0.1) is 0 Å². The molecule has 0 aliphatic rings. The Labute approximate surface area is 83.1 Å². The van der Waals surface area contributed by atoms with Crippen LogP contribution in [0.4, 0.5) is 0 Å². The highest BCUT2D eigenvalue weighted by atomic mass is 79.9. The summed E-state index contributed by atoms with van der Waals surface area (Å²) in [6.07, 6.45) is 0. The predicted molar refractivity (Wildman–Crippen MR) is 56.2 cm³/mol. The molecule has 1 heteroatoms. The van der Waals surface area contributed by atoms with Crippen LogP contribution in [0, 0.1) is 6.92 Å². The molecule has 0 aliphatic heterocycles. The van der Waals surface area contributed by atoms with E-state index in [1.807, 2.05) is 12.1 Å². The van der Waals surface area contributed by atoms with E-state index in [2.05, 4.69) is 42.8 Å². The third kappa shape index (κ3) is 2.34. The van der Waals surface area contributed by atoms with E-state index >= 15 is 0 Å². The molecule has 0 N–H and O–H groups in total. The minimum atomic E-state index is 0.165. The van der Waals surface area contributed by atoms with E-state index in [0.717, 1.165) is 10.0 Å². The summed E-state index contributed by atoms with van der Waals surface area (Å²) in [5.41, 5.74) is 2.24. The second kappa shape index (κ2) is 3.21. The molecule has 2 radical (unpaired) electrons. The zero-order chi connectivity index (χ0) is 9.35. The standard InChI is InChI=1S/C11H13Br/c1-8-5-9(11(2,3)4)7-10(12)6-8/h1,5-7H,2-4H3. The van der Waals surface area contributed by atoms with Gasteiger partial charge in [-0.3, -0.25) is 0 Å². The summed E-state index contributed by atoms with van der Waals surface area (Å²) in [6.45, 7) is 12.3. The first-order valence-electron chi connectivity index (χ1n) is 3.96. The van der Waals surface area contributed by atoms with Crippen molar-refractivity contribution in [2.75, 3.05) is 0 Å². The Hall–Kier alpha value is -0.300. The fraction of sp³-hybridized carbons (Fsp3) is 0.364. The average molecular weight is 225 g/mol. The Bertz CT molecular complexity index is 261. The zero-order valence-corrected chi connectivity index (χ0v) is 9.27. The highest BCUT2D eigenvalue weighted by molar-refractivity contribution is 9.10. The smallest absolute Gasteiger partial charge is 0.0181 e. The van der Waals surface area contributed by atoms with Gasteiger partial charge in [-0.1, -0.05) is 42.8 Å². The second-order valence-corrected chi connectivity index (χ2v) is 4.94.